The molecule has 0 saturated heterocycles. The van der Waals surface area contributed by atoms with Crippen molar-refractivity contribution in [1.29, 1.82) is 0 Å². The first-order chi connectivity index (χ1) is 18.2. The van der Waals surface area contributed by atoms with Crippen molar-refractivity contribution in [3.05, 3.63) is 75.1 Å². The van der Waals surface area contributed by atoms with Crippen LogP contribution in [0.25, 0.3) is 5.69 Å². The lowest BCUT2D eigenvalue weighted by Crippen LogP contribution is -2.34. The van der Waals surface area contributed by atoms with Crippen LogP contribution in [-0.4, -0.2) is 39.2 Å². The fraction of sp³-hybridized carbons (Fsp3) is 0.393. The number of aryl methyl sites for hydroxylation is 2. The summed E-state index contributed by atoms with van der Waals surface area (Å²) in [7, 11) is 1.63. The summed E-state index contributed by atoms with van der Waals surface area (Å²) in [6.07, 6.45) is 3.60. The Morgan fingerprint density at radius 1 is 1.05 bits per heavy atom. The largest absolute Gasteiger partial charge is 0.444 e. The van der Waals surface area contributed by atoms with Crippen LogP contribution >= 0.6 is 0 Å². The summed E-state index contributed by atoms with van der Waals surface area (Å²) >= 11 is 0. The highest BCUT2D eigenvalue weighted by molar-refractivity contribution is 6.06. The van der Waals surface area contributed by atoms with Gasteiger partial charge in [-0.1, -0.05) is 12.1 Å². The van der Waals surface area contributed by atoms with Crippen molar-refractivity contribution in [2.75, 3.05) is 18.2 Å². The second kappa shape index (κ2) is 11.6. The van der Waals surface area contributed by atoms with E-state index in [2.05, 4.69) is 20.6 Å². The number of nitrogens with zero attached hydrogens (tertiary/aromatic N) is 3. The minimum Gasteiger partial charge on any atom is -0.444 e. The summed E-state index contributed by atoms with van der Waals surface area (Å²) in [5.74, 6) is -0.927. The molecule has 4 N–H and O–H groups in total. The predicted molar refractivity (Wildman–Crippen MR) is 149 cm³/mol. The number of ether oxygens (including phenoxy) is 2. The smallest absolute Gasteiger partial charge is 0.408 e. The number of rotatable bonds is 7. The molecule has 0 bridgehead atoms. The second-order valence-electron chi connectivity index (χ2n) is 10.4. The second-order valence-corrected chi connectivity index (χ2v) is 10.4. The molecule has 11 heteroatoms. The Bertz CT molecular complexity index is 1420. The third-order valence-electron chi connectivity index (χ3n) is 6.06. The van der Waals surface area contributed by atoms with E-state index in [4.69, 9.17) is 15.2 Å². The molecule has 39 heavy (non-hydrogen) atoms. The van der Waals surface area contributed by atoms with Gasteiger partial charge in [0.15, 0.2) is 0 Å². The summed E-state index contributed by atoms with van der Waals surface area (Å²) < 4.78 is 12.0. The Morgan fingerprint density at radius 3 is 2.28 bits per heavy atom. The van der Waals surface area contributed by atoms with Gasteiger partial charge in [-0.25, -0.2) is 9.78 Å². The Balaban J connectivity index is 1.89. The van der Waals surface area contributed by atoms with Crippen LogP contribution in [0.3, 0.4) is 0 Å². The molecular formula is C28H36N6O5. The number of benzene rings is 1. The van der Waals surface area contributed by atoms with Crippen molar-refractivity contribution in [2.24, 2.45) is 0 Å². The van der Waals surface area contributed by atoms with Crippen LogP contribution in [0.4, 0.5) is 16.3 Å². The molecule has 0 radical (unpaired) electrons. The Kier molecular flexibility index (Phi) is 8.75. The van der Waals surface area contributed by atoms with Crippen molar-refractivity contribution in [3.8, 4) is 5.69 Å². The number of carbonyl (C=O) groups excluding carboxylic acids is 2. The molecule has 3 rings (SSSR count). The number of carbonyl (C=O) groups is 2. The third kappa shape index (κ3) is 6.99. The van der Waals surface area contributed by atoms with Gasteiger partial charge in [0.1, 0.15) is 23.3 Å². The Hall–Kier alpha value is -4.25. The summed E-state index contributed by atoms with van der Waals surface area (Å²) in [6, 6.07) is 5.05. The molecular weight excluding hydrogens is 500 g/mol. The standard InChI is InChI=1S/C28H36N6O5/c1-15-9-19(18(4)38-8)10-16(2)23(15)34-14-31-24(29)22(26(34)36)25(35)33-21-11-20(12-30-13-21)17(3)32-27(37)39-28(5,6)7/h9-14,17-18H,29H2,1-8H3,(H,32,37)(H,33,35)/t17-,18-/m0/s1. The SMILES string of the molecule is CO[C@@H](C)c1cc(C)c(-n2cnc(N)c(C(=O)Nc3cncc([C@H](C)NC(=O)OC(C)(C)C)c3)c2=O)c(C)c1. The van der Waals surface area contributed by atoms with Gasteiger partial charge in [-0.05, 0) is 76.8 Å². The summed E-state index contributed by atoms with van der Waals surface area (Å²) in [6.45, 7) is 12.8. The molecule has 2 atom stereocenters. The zero-order valence-electron chi connectivity index (χ0n) is 23.6. The number of alkyl carbamates (subject to hydrolysis) is 1. The Labute approximate surface area is 227 Å². The van der Waals surface area contributed by atoms with Crippen LogP contribution in [-0.2, 0) is 9.47 Å². The first-order valence-electron chi connectivity index (χ1n) is 12.5. The molecule has 0 aliphatic carbocycles. The lowest BCUT2D eigenvalue weighted by atomic mass is 10.0. The van der Waals surface area contributed by atoms with E-state index in [0.29, 0.717) is 16.9 Å². The van der Waals surface area contributed by atoms with Gasteiger partial charge in [0.2, 0.25) is 0 Å². The van der Waals surface area contributed by atoms with E-state index >= 15 is 0 Å². The monoisotopic (exact) mass is 536 g/mol. The number of amides is 2. The van der Waals surface area contributed by atoms with Crippen LogP contribution < -0.4 is 21.9 Å². The maximum absolute atomic E-state index is 13.5. The molecule has 0 unspecified atom stereocenters. The van der Waals surface area contributed by atoms with E-state index < -0.39 is 29.2 Å². The van der Waals surface area contributed by atoms with E-state index in [1.165, 1.54) is 17.1 Å². The fourth-order valence-electron chi connectivity index (χ4n) is 4.10. The minimum atomic E-state index is -0.731. The quantitative estimate of drug-likeness (QED) is 0.403. The number of pyridine rings is 1. The highest BCUT2D eigenvalue weighted by atomic mass is 16.6. The average Bonchev–Trinajstić information content (AvgIpc) is 2.83. The van der Waals surface area contributed by atoms with E-state index in [-0.39, 0.29) is 17.5 Å². The zero-order chi connectivity index (χ0) is 29.1. The topological polar surface area (TPSA) is 150 Å². The van der Waals surface area contributed by atoms with Gasteiger partial charge >= 0.3 is 6.09 Å². The van der Waals surface area contributed by atoms with Crippen molar-refractivity contribution >= 4 is 23.5 Å². The zero-order valence-corrected chi connectivity index (χ0v) is 23.6. The van der Waals surface area contributed by atoms with Crippen LogP contribution in [0.2, 0.25) is 0 Å². The van der Waals surface area contributed by atoms with Gasteiger partial charge in [-0.3, -0.25) is 19.1 Å². The first kappa shape index (κ1) is 29.3. The van der Waals surface area contributed by atoms with Crippen LogP contribution in [0.15, 0.2) is 41.7 Å². The van der Waals surface area contributed by atoms with E-state index in [1.807, 2.05) is 32.9 Å². The summed E-state index contributed by atoms with van der Waals surface area (Å²) in [5, 5.41) is 5.40. The van der Waals surface area contributed by atoms with Gasteiger partial charge in [0.05, 0.1) is 29.7 Å². The van der Waals surface area contributed by atoms with Gasteiger partial charge in [-0.15, -0.1) is 0 Å². The number of hydrogen-bond donors (Lipinski definition) is 3. The molecule has 2 heterocycles. The number of hydrogen-bond acceptors (Lipinski definition) is 8. The molecule has 2 amide bonds. The first-order valence-corrected chi connectivity index (χ1v) is 12.5. The van der Waals surface area contributed by atoms with Crippen molar-refractivity contribution in [3.63, 3.8) is 0 Å². The van der Waals surface area contributed by atoms with Crippen LogP contribution in [0, 0.1) is 13.8 Å². The van der Waals surface area contributed by atoms with Crippen molar-refractivity contribution in [1.82, 2.24) is 19.9 Å². The number of nitrogen functional groups attached to an aromatic ring is 1. The number of nitrogens with two attached hydrogens (primary N) is 1. The molecule has 0 saturated carbocycles. The summed E-state index contributed by atoms with van der Waals surface area (Å²) in [5.41, 5.74) is 8.58. The molecule has 11 nitrogen and oxygen atoms in total. The minimum absolute atomic E-state index is 0.120. The van der Waals surface area contributed by atoms with E-state index in [0.717, 1.165) is 16.7 Å². The molecule has 0 spiro atoms. The normalized spacial score (nSPS) is 12.9. The van der Waals surface area contributed by atoms with Gasteiger partial charge in [0.25, 0.3) is 11.5 Å². The maximum atomic E-state index is 13.5. The molecule has 208 valence electrons. The summed E-state index contributed by atoms with van der Waals surface area (Å²) in [4.78, 5) is 47.1. The lowest BCUT2D eigenvalue weighted by molar-refractivity contribution is 0.0507. The molecule has 0 aliphatic heterocycles. The molecule has 2 aromatic heterocycles. The van der Waals surface area contributed by atoms with Crippen LogP contribution in [0.5, 0.6) is 0 Å². The molecule has 0 aliphatic rings. The van der Waals surface area contributed by atoms with Crippen molar-refractivity contribution < 1.29 is 19.1 Å². The van der Waals surface area contributed by atoms with Gasteiger partial charge < -0.3 is 25.8 Å². The lowest BCUT2D eigenvalue weighted by Gasteiger charge is -2.22. The number of nitrogens with one attached hydrogen (secondary N) is 2. The van der Waals surface area contributed by atoms with Crippen LogP contribution in [0.1, 0.15) is 79.4 Å². The number of methoxy groups -OCH3 is 1. The molecule has 0 fully saturated rings. The van der Waals surface area contributed by atoms with E-state index in [1.54, 1.807) is 47.1 Å². The maximum Gasteiger partial charge on any atom is 0.408 e. The van der Waals surface area contributed by atoms with Crippen molar-refractivity contribution in [2.45, 2.75) is 66.2 Å². The number of anilines is 2. The third-order valence-corrected chi connectivity index (χ3v) is 6.06. The predicted octanol–water partition coefficient (Wildman–Crippen LogP) is 4.37. The highest BCUT2D eigenvalue weighted by Crippen LogP contribution is 2.25. The number of aromatic nitrogens is 3. The fourth-order valence-corrected chi connectivity index (χ4v) is 4.10. The van der Waals surface area contributed by atoms with E-state index in [9.17, 15) is 14.4 Å². The highest BCUT2D eigenvalue weighted by Gasteiger charge is 2.22. The average molecular weight is 537 g/mol. The molecule has 1 aromatic carbocycles. The van der Waals surface area contributed by atoms with Gasteiger partial charge in [0, 0.05) is 13.3 Å². The van der Waals surface area contributed by atoms with Gasteiger partial charge in [-0.2, -0.15) is 0 Å². The Morgan fingerprint density at radius 2 is 1.69 bits per heavy atom. The molecule has 3 aromatic rings.